The highest BCUT2D eigenvalue weighted by atomic mass is 19.1. The number of nitriles is 3. The van der Waals surface area contributed by atoms with Gasteiger partial charge in [-0.05, 0) is 135 Å². The molecule has 7 heterocycles. The Kier molecular flexibility index (Phi) is 21.3. The molecule has 3 aliphatic heterocycles. The number of rotatable bonds is 14. The van der Waals surface area contributed by atoms with E-state index in [1.807, 2.05) is 111 Å². The number of para-hydroxylation sites is 2. The first-order valence-corrected chi connectivity index (χ1v) is 33.8. The zero-order valence-corrected chi connectivity index (χ0v) is 57.5. The van der Waals surface area contributed by atoms with Crippen LogP contribution in [0.3, 0.4) is 0 Å². The van der Waals surface area contributed by atoms with E-state index in [0.717, 1.165) is 73.3 Å². The normalized spacial score (nSPS) is 13.8. The first kappa shape index (κ1) is 69.6. The van der Waals surface area contributed by atoms with Gasteiger partial charge in [-0.15, -0.1) is 0 Å². The van der Waals surface area contributed by atoms with Gasteiger partial charge in [0.1, 0.15) is 46.5 Å². The van der Waals surface area contributed by atoms with Gasteiger partial charge < -0.3 is 57.3 Å². The minimum Gasteiger partial charge on any atom is -0.497 e. The lowest BCUT2D eigenvalue weighted by molar-refractivity contribution is 0.0712. The van der Waals surface area contributed by atoms with Crippen molar-refractivity contribution in [1.29, 1.82) is 15.8 Å². The van der Waals surface area contributed by atoms with Gasteiger partial charge in [0.05, 0.1) is 60.1 Å². The second-order valence-corrected chi connectivity index (χ2v) is 25.5. The van der Waals surface area contributed by atoms with Gasteiger partial charge in [0.15, 0.2) is 5.76 Å². The number of carbonyl (C=O) groups is 3. The molecule has 3 aliphatic rings. The average molecular weight is 1370 g/mol. The van der Waals surface area contributed by atoms with Gasteiger partial charge in [0.25, 0.3) is 28.8 Å². The standard InChI is InChI=1S/C30H24N4O3.C27H30FN5O2.C23H22N4O3/c31-19-25-28(32-13-15-33(16-14-32)30(36)27-10-5-17-37-27)24-8-3-4-9-26(24)34(29(25)35)20-21-11-12-22-6-1-2-7-23(22)18-21;1-19-5-10-24-22(17-19)25(23(18-29)26(30-24)35-16-4-11-31(2)3)32-12-14-33(15-13-32)27(34)20-6-8-21(28)9-7-20;1-25-20-6-4-3-5-18(20)21(19(15-24)23(25)29)26-11-13-27(14-12-26)22(28)16-7-9-17(30-2)10-8-16/h1-12,17-18H,13-16,20H2;5-10,17H,4,11-16H2,1-3H3;3-10H,11-14H2,1-2H3. The van der Waals surface area contributed by atoms with Crippen LogP contribution in [0.25, 0.3) is 43.5 Å². The molecule has 3 saturated heterocycles. The van der Waals surface area contributed by atoms with Crippen LogP contribution in [0.4, 0.5) is 21.5 Å². The zero-order chi connectivity index (χ0) is 71.6. The maximum absolute atomic E-state index is 13.7. The number of amides is 3. The first-order chi connectivity index (χ1) is 49.5. The Morgan fingerprint density at radius 3 is 1.64 bits per heavy atom. The molecule has 0 bridgehead atoms. The van der Waals surface area contributed by atoms with Gasteiger partial charge in [0.2, 0.25) is 5.88 Å². The number of hydrogen-bond acceptors (Lipinski definition) is 16. The molecule has 21 nitrogen and oxygen atoms in total. The van der Waals surface area contributed by atoms with E-state index < -0.39 is 0 Å². The Bertz CT molecular complexity index is 5190. The molecule has 0 radical (unpaired) electrons. The molecule has 3 fully saturated rings. The number of methoxy groups -OCH3 is 1. The van der Waals surface area contributed by atoms with E-state index in [9.17, 15) is 44.1 Å². The average Bonchev–Trinajstić information content (AvgIpc) is 0.804. The van der Waals surface area contributed by atoms with Crippen molar-refractivity contribution in [2.75, 3.05) is 128 Å². The quantitative estimate of drug-likeness (QED) is 0.0921. The molecule has 102 heavy (non-hydrogen) atoms. The van der Waals surface area contributed by atoms with Crippen molar-refractivity contribution in [2.24, 2.45) is 7.05 Å². The molecule has 0 aliphatic carbocycles. The third-order valence-corrected chi connectivity index (χ3v) is 18.8. The topological polar surface area (TPSA) is 234 Å². The molecule has 11 aromatic rings. The summed E-state index contributed by atoms with van der Waals surface area (Å²) in [5, 5.41) is 34.8. The summed E-state index contributed by atoms with van der Waals surface area (Å²) < 4.78 is 32.9. The van der Waals surface area contributed by atoms with Crippen LogP contribution in [0.1, 0.15) is 65.5 Å². The summed E-state index contributed by atoms with van der Waals surface area (Å²) in [6.07, 6.45) is 2.31. The Hall–Kier alpha value is -12.3. The SMILES string of the molecule is COc1ccc(C(=O)N2CCN(c3c(C#N)c(=O)n(C)c4ccccc34)CC2)cc1.Cc1ccc2nc(OCCCN(C)C)c(C#N)c(N3CCN(C(=O)c4ccc(F)cc4)CC3)c2c1.N#Cc1c(N2CCN(C(=O)c3ccco3)CC2)c2ccccc2n(Cc2ccc3ccccc3c2)c1=O. The largest absolute Gasteiger partial charge is 0.497 e. The lowest BCUT2D eigenvalue weighted by Gasteiger charge is -2.37. The lowest BCUT2D eigenvalue weighted by atomic mass is 10.0. The summed E-state index contributed by atoms with van der Waals surface area (Å²) in [6, 6.07) is 58.3. The maximum Gasteiger partial charge on any atom is 0.289 e. The highest BCUT2D eigenvalue weighted by Gasteiger charge is 2.31. The van der Waals surface area contributed by atoms with Gasteiger partial charge in [-0.2, -0.15) is 15.8 Å². The molecule has 0 saturated carbocycles. The number of benzene rings is 7. The van der Waals surface area contributed by atoms with E-state index in [4.69, 9.17) is 13.9 Å². The lowest BCUT2D eigenvalue weighted by Crippen LogP contribution is -2.49. The Labute approximate surface area is 589 Å². The van der Waals surface area contributed by atoms with Crippen LogP contribution in [-0.4, -0.2) is 164 Å². The molecule has 0 unspecified atom stereocenters. The third kappa shape index (κ3) is 14.8. The monoisotopic (exact) mass is 1370 g/mol. The van der Waals surface area contributed by atoms with Crippen LogP contribution in [0, 0.1) is 46.7 Å². The van der Waals surface area contributed by atoms with Crippen molar-refractivity contribution in [1.82, 2.24) is 33.7 Å². The van der Waals surface area contributed by atoms with Crippen LogP contribution in [-0.2, 0) is 13.6 Å². The smallest absolute Gasteiger partial charge is 0.289 e. The number of aromatic nitrogens is 3. The van der Waals surface area contributed by atoms with E-state index in [0.29, 0.717) is 137 Å². The molecule has 4 aromatic heterocycles. The Morgan fingerprint density at radius 2 is 1.08 bits per heavy atom. The number of furan rings is 1. The van der Waals surface area contributed by atoms with Crippen LogP contribution >= 0.6 is 0 Å². The fourth-order valence-electron chi connectivity index (χ4n) is 13.5. The summed E-state index contributed by atoms with van der Waals surface area (Å²) in [5.41, 5.74) is 7.69. The van der Waals surface area contributed by atoms with Crippen molar-refractivity contribution in [3.05, 3.63) is 247 Å². The number of nitrogens with zero attached hydrogens (tertiary/aromatic N) is 13. The number of carbonyl (C=O) groups excluding carboxylic acids is 3. The van der Waals surface area contributed by atoms with Crippen LogP contribution in [0.5, 0.6) is 11.6 Å². The molecular weight excluding hydrogens is 1290 g/mol. The van der Waals surface area contributed by atoms with Crippen molar-refractivity contribution in [3.8, 4) is 29.8 Å². The van der Waals surface area contributed by atoms with Gasteiger partial charge in [0, 0.05) is 119 Å². The molecule has 0 atom stereocenters. The van der Waals surface area contributed by atoms with E-state index in [1.54, 1.807) is 69.8 Å². The van der Waals surface area contributed by atoms with Crippen molar-refractivity contribution < 1.29 is 32.7 Å². The summed E-state index contributed by atoms with van der Waals surface area (Å²) >= 11 is 0. The summed E-state index contributed by atoms with van der Waals surface area (Å²) in [7, 11) is 7.29. The summed E-state index contributed by atoms with van der Waals surface area (Å²) in [6.45, 7) is 9.94. The summed E-state index contributed by atoms with van der Waals surface area (Å²) in [5.74, 6) is 0.696. The molecule has 14 rings (SSSR count). The maximum atomic E-state index is 13.7. The zero-order valence-electron chi connectivity index (χ0n) is 57.5. The number of halogens is 1. The predicted octanol–water partition coefficient (Wildman–Crippen LogP) is 10.9. The van der Waals surface area contributed by atoms with Gasteiger partial charge in [-0.1, -0.05) is 84.4 Å². The second-order valence-electron chi connectivity index (χ2n) is 25.5. The molecular formula is C80H76FN13O8. The highest BCUT2D eigenvalue weighted by molar-refractivity contribution is 6.00. The van der Waals surface area contributed by atoms with Gasteiger partial charge in [-0.3, -0.25) is 24.0 Å². The van der Waals surface area contributed by atoms with Crippen LogP contribution < -0.4 is 35.3 Å². The molecule has 7 aromatic carbocycles. The Balaban J connectivity index is 0.000000145. The van der Waals surface area contributed by atoms with Crippen molar-refractivity contribution >= 4 is 78.3 Å². The Morgan fingerprint density at radius 1 is 0.559 bits per heavy atom. The molecule has 0 N–H and O–H groups in total. The molecule has 3 amide bonds. The fraction of sp³-hybridized carbons (Fsp3) is 0.263. The van der Waals surface area contributed by atoms with E-state index in [1.165, 1.54) is 35.1 Å². The highest BCUT2D eigenvalue weighted by Crippen LogP contribution is 2.38. The van der Waals surface area contributed by atoms with E-state index in [2.05, 4.69) is 62.2 Å². The number of ether oxygens (including phenoxy) is 2. The van der Waals surface area contributed by atoms with E-state index >= 15 is 0 Å². The predicted molar refractivity (Wildman–Crippen MR) is 392 cm³/mol. The molecule has 22 heteroatoms. The third-order valence-electron chi connectivity index (χ3n) is 18.8. The number of pyridine rings is 3. The number of fused-ring (bicyclic) bond motifs is 4. The van der Waals surface area contributed by atoms with Crippen molar-refractivity contribution in [3.63, 3.8) is 0 Å². The minimum atomic E-state index is -0.366. The second kappa shape index (κ2) is 31.3. The number of hydrogen-bond donors (Lipinski definition) is 0. The molecule has 0 spiro atoms. The van der Waals surface area contributed by atoms with E-state index in [-0.39, 0.29) is 45.8 Å². The fourth-order valence-corrected chi connectivity index (χ4v) is 13.5. The number of aryl methyl sites for hydroxylation is 2. The number of piperazine rings is 3. The van der Waals surface area contributed by atoms with Crippen LogP contribution in [0.15, 0.2) is 190 Å². The van der Waals surface area contributed by atoms with Gasteiger partial charge in [-0.25, -0.2) is 9.37 Å². The minimum absolute atomic E-state index is 0.0355. The van der Waals surface area contributed by atoms with Crippen molar-refractivity contribution in [2.45, 2.75) is 19.9 Å². The van der Waals surface area contributed by atoms with Crippen LogP contribution in [0.2, 0.25) is 0 Å². The first-order valence-electron chi connectivity index (χ1n) is 33.8. The summed E-state index contributed by atoms with van der Waals surface area (Å²) in [4.78, 5) is 83.2. The number of anilines is 3. The van der Waals surface area contributed by atoms with Gasteiger partial charge >= 0.3 is 0 Å². The molecule has 516 valence electrons.